The predicted molar refractivity (Wildman–Crippen MR) is 72.3 cm³/mol. The fourth-order valence-corrected chi connectivity index (χ4v) is 2.94. The van der Waals surface area contributed by atoms with Crippen LogP contribution in [0.15, 0.2) is 0 Å². The number of nitrogens with two attached hydrogens (primary N) is 1. The van der Waals surface area contributed by atoms with Crippen molar-refractivity contribution in [3.05, 3.63) is 5.69 Å². The molecule has 0 amide bonds. The van der Waals surface area contributed by atoms with Gasteiger partial charge in [0.25, 0.3) is 0 Å². The zero-order valence-corrected chi connectivity index (χ0v) is 11.4. The molecule has 0 radical (unpaired) electrons. The molecule has 1 fully saturated rings. The number of rotatable bonds is 3. The van der Waals surface area contributed by atoms with Crippen LogP contribution < -0.4 is 5.73 Å². The number of hydrogen-bond donors (Lipinski definition) is 1. The number of hydrogen-bond acceptors (Lipinski definition) is 3. The molecule has 0 spiro atoms. The molecule has 2 aromatic heterocycles. The number of imidazole rings is 1. The third-order valence-electron chi connectivity index (χ3n) is 4.23. The van der Waals surface area contributed by atoms with Crippen molar-refractivity contribution >= 4 is 17.1 Å². The minimum Gasteiger partial charge on any atom is -0.369 e. The van der Waals surface area contributed by atoms with E-state index >= 15 is 0 Å². The average Bonchev–Trinajstić information content (AvgIpc) is 2.77. The van der Waals surface area contributed by atoms with Crippen molar-refractivity contribution in [2.24, 2.45) is 5.41 Å². The number of nitrogen functional groups attached to an aromatic ring is 1. The number of aromatic nitrogens is 4. The summed E-state index contributed by atoms with van der Waals surface area (Å²) in [6, 6.07) is 0. The van der Waals surface area contributed by atoms with E-state index < -0.39 is 0 Å². The van der Waals surface area contributed by atoms with Gasteiger partial charge in [-0.2, -0.15) is 5.10 Å². The van der Waals surface area contributed by atoms with Gasteiger partial charge in [-0.05, 0) is 32.1 Å². The fourth-order valence-electron chi connectivity index (χ4n) is 2.94. The molecule has 0 unspecified atom stereocenters. The summed E-state index contributed by atoms with van der Waals surface area (Å²) in [5.74, 6) is 0.626. The standard InChI is InChI=1S/C13H21N5/c1-4-18-11-10(9(2)16-18)15-12(14)17(11)8-13(3)6-5-7-13/h4-8H2,1-3H3,(H2,14,15). The first-order valence-corrected chi connectivity index (χ1v) is 6.73. The van der Waals surface area contributed by atoms with Crippen LogP contribution in [0.1, 0.15) is 38.8 Å². The second kappa shape index (κ2) is 3.73. The van der Waals surface area contributed by atoms with Crippen LogP contribution in [0.4, 0.5) is 5.95 Å². The Morgan fingerprint density at radius 2 is 2.11 bits per heavy atom. The molecule has 5 heteroatoms. The molecule has 1 aliphatic carbocycles. The maximum absolute atomic E-state index is 6.09. The Morgan fingerprint density at radius 1 is 1.39 bits per heavy atom. The third-order valence-corrected chi connectivity index (χ3v) is 4.23. The number of aryl methyl sites for hydroxylation is 2. The van der Waals surface area contributed by atoms with Crippen molar-refractivity contribution in [1.82, 2.24) is 19.3 Å². The van der Waals surface area contributed by atoms with Crippen LogP contribution in [-0.2, 0) is 13.1 Å². The molecule has 1 aliphatic rings. The van der Waals surface area contributed by atoms with E-state index in [9.17, 15) is 0 Å². The van der Waals surface area contributed by atoms with Gasteiger partial charge in [0.2, 0.25) is 5.95 Å². The van der Waals surface area contributed by atoms with Gasteiger partial charge >= 0.3 is 0 Å². The summed E-state index contributed by atoms with van der Waals surface area (Å²) < 4.78 is 4.16. The lowest BCUT2D eigenvalue weighted by atomic mass is 9.70. The smallest absolute Gasteiger partial charge is 0.202 e. The lowest BCUT2D eigenvalue weighted by Gasteiger charge is -2.38. The van der Waals surface area contributed by atoms with Crippen molar-refractivity contribution in [3.8, 4) is 0 Å². The molecular weight excluding hydrogens is 226 g/mol. The Bertz CT molecular complexity index is 588. The molecule has 2 N–H and O–H groups in total. The van der Waals surface area contributed by atoms with Crippen LogP contribution >= 0.6 is 0 Å². The summed E-state index contributed by atoms with van der Waals surface area (Å²) in [5, 5.41) is 4.52. The third kappa shape index (κ3) is 1.53. The summed E-state index contributed by atoms with van der Waals surface area (Å²) in [7, 11) is 0. The highest BCUT2D eigenvalue weighted by Gasteiger charge is 2.33. The van der Waals surface area contributed by atoms with Gasteiger partial charge in [-0.15, -0.1) is 0 Å². The van der Waals surface area contributed by atoms with E-state index in [0.29, 0.717) is 11.4 Å². The van der Waals surface area contributed by atoms with Gasteiger partial charge in [0.1, 0.15) is 5.52 Å². The summed E-state index contributed by atoms with van der Waals surface area (Å²) >= 11 is 0. The normalized spacial score (nSPS) is 18.2. The van der Waals surface area contributed by atoms with Crippen LogP contribution in [0.25, 0.3) is 11.2 Å². The van der Waals surface area contributed by atoms with E-state index in [-0.39, 0.29) is 0 Å². The molecule has 2 aromatic rings. The van der Waals surface area contributed by atoms with Crippen molar-refractivity contribution in [1.29, 1.82) is 0 Å². The van der Waals surface area contributed by atoms with Crippen LogP contribution in [0.2, 0.25) is 0 Å². The highest BCUT2D eigenvalue weighted by Crippen LogP contribution is 2.42. The molecule has 0 bridgehead atoms. The van der Waals surface area contributed by atoms with E-state index in [1.54, 1.807) is 0 Å². The molecule has 0 saturated heterocycles. The molecule has 0 aromatic carbocycles. The van der Waals surface area contributed by atoms with Gasteiger partial charge in [-0.1, -0.05) is 13.3 Å². The molecule has 2 heterocycles. The minimum absolute atomic E-state index is 0.387. The first-order chi connectivity index (χ1) is 8.54. The number of fused-ring (bicyclic) bond motifs is 1. The van der Waals surface area contributed by atoms with E-state index in [2.05, 4.69) is 28.5 Å². The molecule has 98 valence electrons. The van der Waals surface area contributed by atoms with Crippen molar-refractivity contribution < 1.29 is 0 Å². The minimum atomic E-state index is 0.387. The van der Waals surface area contributed by atoms with Crippen LogP contribution in [0.3, 0.4) is 0 Å². The lowest BCUT2D eigenvalue weighted by Crippen LogP contribution is -2.31. The van der Waals surface area contributed by atoms with Gasteiger partial charge in [0.15, 0.2) is 5.65 Å². The first kappa shape index (κ1) is 11.6. The summed E-state index contributed by atoms with van der Waals surface area (Å²) in [5.41, 5.74) is 9.48. The Labute approximate surface area is 107 Å². The van der Waals surface area contributed by atoms with Gasteiger partial charge < -0.3 is 5.73 Å². The summed E-state index contributed by atoms with van der Waals surface area (Å²) in [6.07, 6.45) is 3.90. The maximum atomic E-state index is 6.09. The highest BCUT2D eigenvalue weighted by molar-refractivity contribution is 5.77. The number of nitrogens with zero attached hydrogens (tertiary/aromatic N) is 4. The van der Waals surface area contributed by atoms with Gasteiger partial charge in [0, 0.05) is 13.1 Å². The maximum Gasteiger partial charge on any atom is 0.202 e. The first-order valence-electron chi connectivity index (χ1n) is 6.73. The fraction of sp³-hybridized carbons (Fsp3) is 0.692. The SMILES string of the molecule is CCn1nc(C)c2nc(N)n(CC3(C)CCC3)c21. The van der Waals surface area contributed by atoms with E-state index in [1.807, 2.05) is 11.6 Å². The Balaban J connectivity index is 2.11. The average molecular weight is 247 g/mol. The monoisotopic (exact) mass is 247 g/mol. The van der Waals surface area contributed by atoms with E-state index in [1.165, 1.54) is 19.3 Å². The quantitative estimate of drug-likeness (QED) is 0.905. The largest absolute Gasteiger partial charge is 0.369 e. The lowest BCUT2D eigenvalue weighted by molar-refractivity contribution is 0.134. The molecule has 5 nitrogen and oxygen atoms in total. The van der Waals surface area contributed by atoms with Gasteiger partial charge in [0.05, 0.1) is 5.69 Å². The van der Waals surface area contributed by atoms with Crippen molar-refractivity contribution in [2.45, 2.75) is 53.1 Å². The Hall–Kier alpha value is -1.52. The van der Waals surface area contributed by atoms with Crippen LogP contribution in [0, 0.1) is 12.3 Å². The second-order valence-electron chi connectivity index (χ2n) is 5.79. The summed E-state index contributed by atoms with van der Waals surface area (Å²) in [4.78, 5) is 4.48. The van der Waals surface area contributed by atoms with Gasteiger partial charge in [-0.3, -0.25) is 4.57 Å². The predicted octanol–water partition coefficient (Wildman–Crippen LogP) is 2.33. The zero-order valence-electron chi connectivity index (χ0n) is 11.4. The highest BCUT2D eigenvalue weighted by atomic mass is 15.4. The molecule has 3 rings (SSSR count). The van der Waals surface area contributed by atoms with Crippen molar-refractivity contribution in [2.75, 3.05) is 5.73 Å². The second-order valence-corrected chi connectivity index (χ2v) is 5.79. The van der Waals surface area contributed by atoms with Gasteiger partial charge in [-0.25, -0.2) is 9.67 Å². The number of anilines is 1. The molecule has 18 heavy (non-hydrogen) atoms. The zero-order chi connectivity index (χ0) is 12.9. The molecule has 0 atom stereocenters. The van der Waals surface area contributed by atoms with Crippen LogP contribution in [-0.4, -0.2) is 19.3 Å². The molecular formula is C13H21N5. The van der Waals surface area contributed by atoms with E-state index in [4.69, 9.17) is 5.73 Å². The molecule has 0 aliphatic heterocycles. The molecule has 1 saturated carbocycles. The van der Waals surface area contributed by atoms with Crippen LogP contribution in [0.5, 0.6) is 0 Å². The van der Waals surface area contributed by atoms with Crippen molar-refractivity contribution in [3.63, 3.8) is 0 Å². The van der Waals surface area contributed by atoms with E-state index in [0.717, 1.165) is 29.9 Å². The Morgan fingerprint density at radius 3 is 2.67 bits per heavy atom. The summed E-state index contributed by atoms with van der Waals surface area (Å²) in [6.45, 7) is 8.24. The Kier molecular flexibility index (Phi) is 2.40. The topological polar surface area (TPSA) is 61.7 Å².